The first-order valence-corrected chi connectivity index (χ1v) is 7.75. The van der Waals surface area contributed by atoms with E-state index in [1.807, 2.05) is 11.8 Å². The fourth-order valence-corrected chi connectivity index (χ4v) is 3.38. The number of hydrogen-bond acceptors (Lipinski definition) is 3. The molecule has 1 rings (SSSR count). The van der Waals surface area contributed by atoms with Gasteiger partial charge in [0.15, 0.2) is 0 Å². The molecule has 1 aliphatic heterocycles. The van der Waals surface area contributed by atoms with Crippen molar-refractivity contribution in [1.29, 1.82) is 0 Å². The van der Waals surface area contributed by atoms with Crippen molar-refractivity contribution in [1.82, 2.24) is 5.32 Å². The lowest BCUT2D eigenvalue weighted by Gasteiger charge is -2.22. The number of carbonyl (C=O) groups is 1. The van der Waals surface area contributed by atoms with Gasteiger partial charge in [-0.25, -0.2) is 0 Å². The number of hydrogen-bond donors (Lipinski definition) is 2. The van der Waals surface area contributed by atoms with Crippen molar-refractivity contribution in [3.05, 3.63) is 0 Å². The maximum Gasteiger partial charge on any atom is 0.220 e. The number of thioether (sulfide) groups is 1. The third-order valence-electron chi connectivity index (χ3n) is 3.32. The number of nitrogens with one attached hydrogen (secondary N) is 1. The Balaban J connectivity index is 2.01. The molecular formula is C13H26N2OS. The van der Waals surface area contributed by atoms with Gasteiger partial charge < -0.3 is 11.1 Å². The number of nitrogens with two attached hydrogens (primary N) is 1. The monoisotopic (exact) mass is 258 g/mol. The fraction of sp³-hybridized carbons (Fsp3) is 0.923. The Morgan fingerprint density at radius 1 is 1.35 bits per heavy atom. The maximum absolute atomic E-state index is 11.6. The number of amides is 1. The van der Waals surface area contributed by atoms with Crippen molar-refractivity contribution in [2.24, 2.45) is 5.73 Å². The Labute approximate surface area is 109 Å². The van der Waals surface area contributed by atoms with Gasteiger partial charge in [0.1, 0.15) is 0 Å². The van der Waals surface area contributed by atoms with Crippen LogP contribution in [-0.2, 0) is 4.79 Å². The smallest absolute Gasteiger partial charge is 0.220 e. The van der Waals surface area contributed by atoms with E-state index in [2.05, 4.69) is 12.2 Å². The lowest BCUT2D eigenvalue weighted by Crippen LogP contribution is -2.36. The zero-order valence-corrected chi connectivity index (χ0v) is 11.8. The van der Waals surface area contributed by atoms with Crippen LogP contribution < -0.4 is 11.1 Å². The van der Waals surface area contributed by atoms with E-state index >= 15 is 0 Å². The molecule has 1 heterocycles. The number of rotatable bonds is 8. The van der Waals surface area contributed by atoms with E-state index in [4.69, 9.17) is 5.73 Å². The van der Waals surface area contributed by atoms with Crippen molar-refractivity contribution in [3.63, 3.8) is 0 Å². The number of unbranched alkanes of at least 4 members (excludes halogenated alkanes) is 3. The van der Waals surface area contributed by atoms with Gasteiger partial charge in [0.05, 0.1) is 0 Å². The Bertz CT molecular complexity index is 227. The normalized spacial score (nSPS) is 23.9. The molecule has 0 aromatic heterocycles. The van der Waals surface area contributed by atoms with Gasteiger partial charge in [0.2, 0.25) is 5.91 Å². The van der Waals surface area contributed by atoms with Crippen LogP contribution in [0.4, 0.5) is 0 Å². The molecule has 1 unspecified atom stereocenters. The fourth-order valence-electron chi connectivity index (χ4n) is 2.13. The summed E-state index contributed by atoms with van der Waals surface area (Å²) < 4.78 is 0.287. The van der Waals surface area contributed by atoms with Crippen molar-refractivity contribution >= 4 is 17.7 Å². The third kappa shape index (κ3) is 6.32. The van der Waals surface area contributed by atoms with Crippen molar-refractivity contribution in [2.75, 3.05) is 18.8 Å². The topological polar surface area (TPSA) is 55.1 Å². The highest BCUT2D eigenvalue weighted by atomic mass is 32.2. The first kappa shape index (κ1) is 14.8. The molecule has 17 heavy (non-hydrogen) atoms. The van der Waals surface area contributed by atoms with E-state index in [0.29, 0.717) is 6.42 Å². The SMILES string of the molecule is CC1(CNC(=O)CCCCCCN)CCCS1. The second-order valence-electron chi connectivity index (χ2n) is 5.13. The van der Waals surface area contributed by atoms with Crippen LogP contribution in [-0.4, -0.2) is 29.5 Å². The molecule has 0 bridgehead atoms. The van der Waals surface area contributed by atoms with Gasteiger partial charge in [-0.15, -0.1) is 0 Å². The molecular weight excluding hydrogens is 232 g/mol. The lowest BCUT2D eigenvalue weighted by atomic mass is 10.1. The molecule has 0 saturated carbocycles. The summed E-state index contributed by atoms with van der Waals surface area (Å²) in [5, 5.41) is 3.07. The second-order valence-corrected chi connectivity index (χ2v) is 6.81. The molecule has 1 atom stereocenters. The van der Waals surface area contributed by atoms with E-state index in [1.165, 1.54) is 18.6 Å². The van der Waals surface area contributed by atoms with Crippen LogP contribution in [0.25, 0.3) is 0 Å². The van der Waals surface area contributed by atoms with Crippen LogP contribution in [0.5, 0.6) is 0 Å². The minimum Gasteiger partial charge on any atom is -0.355 e. The Hall–Kier alpha value is -0.220. The molecule has 0 spiro atoms. The minimum absolute atomic E-state index is 0.214. The Morgan fingerprint density at radius 2 is 2.12 bits per heavy atom. The van der Waals surface area contributed by atoms with Crippen LogP contribution >= 0.6 is 11.8 Å². The molecule has 0 radical (unpaired) electrons. The molecule has 1 amide bonds. The first-order valence-electron chi connectivity index (χ1n) is 6.77. The highest BCUT2D eigenvalue weighted by Gasteiger charge is 2.29. The van der Waals surface area contributed by atoms with E-state index < -0.39 is 0 Å². The molecule has 0 aromatic rings. The standard InChI is InChI=1S/C13H26N2OS/c1-13(8-6-10-17-13)11-15-12(16)7-4-2-3-5-9-14/h2-11,14H2,1H3,(H,15,16). The summed E-state index contributed by atoms with van der Waals surface area (Å²) in [6.45, 7) is 3.85. The largest absolute Gasteiger partial charge is 0.355 e. The second kappa shape index (κ2) is 7.98. The highest BCUT2D eigenvalue weighted by molar-refractivity contribution is 8.00. The molecule has 1 saturated heterocycles. The van der Waals surface area contributed by atoms with Gasteiger partial charge in [-0.2, -0.15) is 11.8 Å². The van der Waals surface area contributed by atoms with Crippen molar-refractivity contribution < 1.29 is 4.79 Å². The summed E-state index contributed by atoms with van der Waals surface area (Å²) in [5.41, 5.74) is 5.42. The molecule has 3 N–H and O–H groups in total. The van der Waals surface area contributed by atoms with Crippen LogP contribution in [0.2, 0.25) is 0 Å². The molecule has 1 aliphatic rings. The summed E-state index contributed by atoms with van der Waals surface area (Å²) in [5.74, 6) is 1.46. The van der Waals surface area contributed by atoms with Crippen molar-refractivity contribution in [3.8, 4) is 0 Å². The zero-order chi connectivity index (χ0) is 12.6. The van der Waals surface area contributed by atoms with E-state index in [1.54, 1.807) is 0 Å². The van der Waals surface area contributed by atoms with Crippen LogP contribution in [0, 0.1) is 0 Å². The predicted octanol–water partition coefficient (Wildman–Crippen LogP) is 2.30. The quantitative estimate of drug-likeness (QED) is 0.657. The molecule has 4 heteroatoms. The molecule has 0 aromatic carbocycles. The zero-order valence-electron chi connectivity index (χ0n) is 11.0. The summed E-state index contributed by atoms with van der Waals surface area (Å²) in [4.78, 5) is 11.6. The highest BCUT2D eigenvalue weighted by Crippen LogP contribution is 2.36. The summed E-state index contributed by atoms with van der Waals surface area (Å²) >= 11 is 1.99. The van der Waals surface area contributed by atoms with Gasteiger partial charge in [0.25, 0.3) is 0 Å². The van der Waals surface area contributed by atoms with Gasteiger partial charge in [0, 0.05) is 17.7 Å². The molecule has 1 fully saturated rings. The van der Waals surface area contributed by atoms with Gasteiger partial charge >= 0.3 is 0 Å². The molecule has 3 nitrogen and oxygen atoms in total. The summed E-state index contributed by atoms with van der Waals surface area (Å²) in [7, 11) is 0. The third-order valence-corrected chi connectivity index (χ3v) is 4.86. The van der Waals surface area contributed by atoms with Crippen LogP contribution in [0.15, 0.2) is 0 Å². The van der Waals surface area contributed by atoms with E-state index in [9.17, 15) is 4.79 Å². The average Bonchev–Trinajstić information content (AvgIpc) is 2.74. The van der Waals surface area contributed by atoms with Gasteiger partial charge in [-0.1, -0.05) is 12.8 Å². The Kier molecular flexibility index (Phi) is 6.97. The lowest BCUT2D eigenvalue weighted by molar-refractivity contribution is -0.121. The van der Waals surface area contributed by atoms with Gasteiger partial charge in [-0.05, 0) is 44.9 Å². The molecule has 0 aliphatic carbocycles. The average molecular weight is 258 g/mol. The maximum atomic E-state index is 11.6. The minimum atomic E-state index is 0.214. The van der Waals surface area contributed by atoms with E-state index in [0.717, 1.165) is 38.8 Å². The van der Waals surface area contributed by atoms with E-state index in [-0.39, 0.29) is 10.7 Å². The molecule has 100 valence electrons. The number of carbonyl (C=O) groups excluding carboxylic acids is 1. The Morgan fingerprint density at radius 3 is 2.76 bits per heavy atom. The van der Waals surface area contributed by atoms with Crippen LogP contribution in [0.1, 0.15) is 51.9 Å². The van der Waals surface area contributed by atoms with Crippen molar-refractivity contribution in [2.45, 2.75) is 56.6 Å². The van der Waals surface area contributed by atoms with Gasteiger partial charge in [-0.3, -0.25) is 4.79 Å². The predicted molar refractivity (Wildman–Crippen MR) is 75.2 cm³/mol. The van der Waals surface area contributed by atoms with Crippen LogP contribution in [0.3, 0.4) is 0 Å². The summed E-state index contributed by atoms with van der Waals surface area (Å²) in [6.07, 6.45) is 7.54. The first-order chi connectivity index (χ1) is 8.16. The summed E-state index contributed by atoms with van der Waals surface area (Å²) in [6, 6.07) is 0.